The Labute approximate surface area is 122 Å². The lowest BCUT2D eigenvalue weighted by molar-refractivity contribution is 0.318. The Hall–Kier alpha value is -2.63. The van der Waals surface area contributed by atoms with Crippen LogP contribution in [0.4, 0.5) is 11.5 Å². The topological polar surface area (TPSA) is 87.6 Å². The van der Waals surface area contributed by atoms with E-state index in [1.165, 1.54) is 5.56 Å². The van der Waals surface area contributed by atoms with E-state index in [0.717, 1.165) is 29.9 Å². The van der Waals surface area contributed by atoms with Gasteiger partial charge in [-0.25, -0.2) is 0 Å². The van der Waals surface area contributed by atoms with Gasteiger partial charge in [-0.05, 0) is 37.5 Å². The van der Waals surface area contributed by atoms with Gasteiger partial charge in [0.25, 0.3) is 0 Å². The maximum Gasteiger partial charge on any atom is 0.174 e. The van der Waals surface area contributed by atoms with Crippen molar-refractivity contribution in [3.63, 3.8) is 0 Å². The summed E-state index contributed by atoms with van der Waals surface area (Å²) in [7, 11) is 0. The van der Waals surface area contributed by atoms with Crippen LogP contribution < -0.4 is 10.6 Å². The van der Waals surface area contributed by atoms with Crippen molar-refractivity contribution < 1.29 is 5.21 Å². The smallest absolute Gasteiger partial charge is 0.174 e. The molecule has 1 aliphatic rings. The first-order valence-corrected chi connectivity index (χ1v) is 6.80. The molecule has 0 saturated carbocycles. The van der Waals surface area contributed by atoms with Crippen LogP contribution in [0.2, 0.25) is 0 Å². The van der Waals surface area contributed by atoms with Gasteiger partial charge in [-0.3, -0.25) is 0 Å². The van der Waals surface area contributed by atoms with Crippen molar-refractivity contribution >= 4 is 17.3 Å². The number of aryl methyl sites for hydroxylation is 1. The van der Waals surface area contributed by atoms with E-state index < -0.39 is 0 Å². The van der Waals surface area contributed by atoms with E-state index in [2.05, 4.69) is 32.4 Å². The van der Waals surface area contributed by atoms with Gasteiger partial charge in [0.05, 0.1) is 11.3 Å². The Morgan fingerprint density at radius 2 is 2.05 bits per heavy atom. The van der Waals surface area contributed by atoms with Crippen molar-refractivity contribution in [3.05, 3.63) is 46.6 Å². The Bertz CT molecular complexity index is 726. The van der Waals surface area contributed by atoms with Gasteiger partial charge in [0.1, 0.15) is 0 Å². The van der Waals surface area contributed by atoms with Gasteiger partial charge < -0.3 is 15.8 Å². The Morgan fingerprint density at radius 3 is 2.81 bits per heavy atom. The summed E-state index contributed by atoms with van der Waals surface area (Å²) in [6, 6.07) is 8.18. The van der Waals surface area contributed by atoms with Crippen molar-refractivity contribution in [2.45, 2.75) is 20.3 Å². The Balaban J connectivity index is 2.19. The zero-order valence-electron chi connectivity index (χ0n) is 12.0. The van der Waals surface area contributed by atoms with E-state index in [1.807, 2.05) is 26.0 Å². The number of nitrogens with two attached hydrogens (primary N) is 1. The predicted molar refractivity (Wildman–Crippen MR) is 81.2 cm³/mol. The number of anilines is 2. The molecule has 1 aliphatic heterocycles. The summed E-state index contributed by atoms with van der Waals surface area (Å²) in [5.41, 5.74) is 10.5. The van der Waals surface area contributed by atoms with Gasteiger partial charge >= 0.3 is 0 Å². The first-order valence-electron chi connectivity index (χ1n) is 6.80. The summed E-state index contributed by atoms with van der Waals surface area (Å²) in [6.45, 7) is 4.57. The molecule has 2 heterocycles. The molecule has 0 amide bonds. The number of benzene rings is 1. The monoisotopic (exact) mass is 283 g/mol. The minimum absolute atomic E-state index is 0.0601. The summed E-state index contributed by atoms with van der Waals surface area (Å²) in [5, 5.41) is 20.7. The third-order valence-corrected chi connectivity index (χ3v) is 3.94. The number of amidine groups is 1. The molecule has 21 heavy (non-hydrogen) atoms. The van der Waals surface area contributed by atoms with Crippen LogP contribution in [0.25, 0.3) is 0 Å². The SMILES string of the molecule is Cc1nnc(N2CCc3ccccc32)c(/C(N)=N/O)c1C. The van der Waals surface area contributed by atoms with Crippen molar-refractivity contribution in [1.29, 1.82) is 0 Å². The van der Waals surface area contributed by atoms with Crippen LogP contribution in [-0.2, 0) is 6.42 Å². The molecule has 6 heteroatoms. The number of hydrogen-bond acceptors (Lipinski definition) is 5. The van der Waals surface area contributed by atoms with Gasteiger partial charge in [-0.2, -0.15) is 5.10 Å². The highest BCUT2D eigenvalue weighted by atomic mass is 16.4. The third kappa shape index (κ3) is 2.08. The first-order chi connectivity index (χ1) is 10.1. The molecule has 108 valence electrons. The molecule has 0 aliphatic carbocycles. The number of aromatic nitrogens is 2. The molecule has 2 aromatic rings. The highest BCUT2D eigenvalue weighted by molar-refractivity contribution is 6.03. The van der Waals surface area contributed by atoms with E-state index in [9.17, 15) is 0 Å². The molecule has 0 atom stereocenters. The molecule has 3 rings (SSSR count). The molecular formula is C15H17N5O. The maximum absolute atomic E-state index is 9.06. The Morgan fingerprint density at radius 1 is 1.29 bits per heavy atom. The van der Waals surface area contributed by atoms with E-state index in [0.29, 0.717) is 11.4 Å². The number of nitrogens with zero attached hydrogens (tertiary/aromatic N) is 4. The van der Waals surface area contributed by atoms with Gasteiger partial charge in [0.15, 0.2) is 11.7 Å². The van der Waals surface area contributed by atoms with Gasteiger partial charge in [-0.15, -0.1) is 5.10 Å². The van der Waals surface area contributed by atoms with Crippen LogP contribution >= 0.6 is 0 Å². The average Bonchev–Trinajstić information content (AvgIpc) is 2.93. The summed E-state index contributed by atoms with van der Waals surface area (Å²) in [4.78, 5) is 2.07. The third-order valence-electron chi connectivity index (χ3n) is 3.94. The standard InChI is InChI=1S/C15H17N5O/c1-9-10(2)17-18-15(13(9)14(16)19-21)20-8-7-11-5-3-4-6-12(11)20/h3-6,21H,7-8H2,1-2H3,(H2,16,19). The van der Waals surface area contributed by atoms with E-state index in [4.69, 9.17) is 10.9 Å². The van der Waals surface area contributed by atoms with Crippen molar-refractivity contribution in [2.24, 2.45) is 10.9 Å². The normalized spacial score (nSPS) is 14.4. The zero-order valence-corrected chi connectivity index (χ0v) is 12.0. The van der Waals surface area contributed by atoms with Gasteiger partial charge in [0, 0.05) is 12.2 Å². The summed E-state index contributed by atoms with van der Waals surface area (Å²) in [6.07, 6.45) is 0.945. The number of oxime groups is 1. The van der Waals surface area contributed by atoms with Crippen LogP contribution in [0.1, 0.15) is 22.4 Å². The van der Waals surface area contributed by atoms with Crippen LogP contribution in [0.3, 0.4) is 0 Å². The molecule has 0 spiro atoms. The van der Waals surface area contributed by atoms with Crippen molar-refractivity contribution in [3.8, 4) is 0 Å². The average molecular weight is 283 g/mol. The molecule has 0 radical (unpaired) electrons. The fourth-order valence-electron chi connectivity index (χ4n) is 2.70. The number of hydrogen-bond donors (Lipinski definition) is 2. The molecule has 6 nitrogen and oxygen atoms in total. The van der Waals surface area contributed by atoms with E-state index in [1.54, 1.807) is 0 Å². The second kappa shape index (κ2) is 5.05. The second-order valence-electron chi connectivity index (χ2n) is 5.12. The molecule has 0 bridgehead atoms. The van der Waals surface area contributed by atoms with Crippen LogP contribution in [-0.4, -0.2) is 27.8 Å². The number of fused-ring (bicyclic) bond motifs is 1. The van der Waals surface area contributed by atoms with Crippen LogP contribution in [0.5, 0.6) is 0 Å². The first kappa shape index (κ1) is 13.4. The van der Waals surface area contributed by atoms with Crippen LogP contribution in [0, 0.1) is 13.8 Å². The molecule has 0 unspecified atom stereocenters. The lowest BCUT2D eigenvalue weighted by Gasteiger charge is -2.22. The summed E-state index contributed by atoms with van der Waals surface area (Å²) < 4.78 is 0. The lowest BCUT2D eigenvalue weighted by Crippen LogP contribution is -2.24. The zero-order chi connectivity index (χ0) is 15.0. The van der Waals surface area contributed by atoms with Crippen molar-refractivity contribution in [1.82, 2.24) is 10.2 Å². The fourth-order valence-corrected chi connectivity index (χ4v) is 2.70. The Kier molecular flexibility index (Phi) is 3.21. The van der Waals surface area contributed by atoms with E-state index >= 15 is 0 Å². The fraction of sp³-hybridized carbons (Fsp3) is 0.267. The maximum atomic E-state index is 9.06. The summed E-state index contributed by atoms with van der Waals surface area (Å²) in [5.74, 6) is 0.697. The largest absolute Gasteiger partial charge is 0.409 e. The molecule has 1 aromatic carbocycles. The quantitative estimate of drug-likeness (QED) is 0.380. The number of para-hydroxylation sites is 1. The highest BCUT2D eigenvalue weighted by Crippen LogP contribution is 2.35. The van der Waals surface area contributed by atoms with Crippen LogP contribution in [0.15, 0.2) is 29.4 Å². The second-order valence-corrected chi connectivity index (χ2v) is 5.12. The highest BCUT2D eigenvalue weighted by Gasteiger charge is 2.26. The predicted octanol–water partition coefficient (Wildman–Crippen LogP) is 1.88. The molecule has 1 aromatic heterocycles. The van der Waals surface area contributed by atoms with Gasteiger partial charge in [-0.1, -0.05) is 23.4 Å². The van der Waals surface area contributed by atoms with Crippen molar-refractivity contribution in [2.75, 3.05) is 11.4 Å². The van der Waals surface area contributed by atoms with E-state index in [-0.39, 0.29) is 5.84 Å². The molecule has 0 fully saturated rings. The summed E-state index contributed by atoms with van der Waals surface area (Å²) >= 11 is 0. The minimum Gasteiger partial charge on any atom is -0.409 e. The number of rotatable bonds is 2. The molecular weight excluding hydrogens is 266 g/mol. The molecule has 3 N–H and O–H groups in total. The lowest BCUT2D eigenvalue weighted by atomic mass is 10.1. The molecule has 0 saturated heterocycles. The minimum atomic E-state index is 0.0601. The van der Waals surface area contributed by atoms with Gasteiger partial charge in [0.2, 0.25) is 0 Å².